The van der Waals surface area contributed by atoms with Crippen LogP contribution in [0.15, 0.2) is 12.1 Å². The first-order valence-electron chi connectivity index (χ1n) is 4.99. The van der Waals surface area contributed by atoms with E-state index in [-0.39, 0.29) is 17.5 Å². The molecule has 3 nitrogen and oxygen atoms in total. The van der Waals surface area contributed by atoms with Gasteiger partial charge in [0.25, 0.3) is 0 Å². The molecule has 0 atom stereocenters. The number of alkyl halides is 3. The van der Waals surface area contributed by atoms with Crippen LogP contribution in [0, 0.1) is 5.82 Å². The van der Waals surface area contributed by atoms with E-state index in [1.165, 1.54) is 6.07 Å². The Morgan fingerprint density at radius 1 is 1.44 bits per heavy atom. The van der Waals surface area contributed by atoms with Gasteiger partial charge in [0.05, 0.1) is 6.61 Å². The standard InChI is InChI=1S/C11H10BrF3O3/c1-2-17-10(16)7-3-6(5-12)4-8(13)9(7)18-11(14)15/h3-4,11H,2,5H2,1H3. The monoisotopic (exact) mass is 326 g/mol. The van der Waals surface area contributed by atoms with E-state index in [1.807, 2.05) is 0 Å². The summed E-state index contributed by atoms with van der Waals surface area (Å²) in [7, 11) is 0. The van der Waals surface area contributed by atoms with Gasteiger partial charge in [0.2, 0.25) is 0 Å². The van der Waals surface area contributed by atoms with Crippen molar-refractivity contribution in [1.82, 2.24) is 0 Å². The van der Waals surface area contributed by atoms with Crippen molar-refractivity contribution in [3.05, 3.63) is 29.1 Å². The number of halogens is 4. The van der Waals surface area contributed by atoms with Gasteiger partial charge in [-0.1, -0.05) is 15.9 Å². The normalized spacial score (nSPS) is 10.6. The van der Waals surface area contributed by atoms with Crippen molar-refractivity contribution in [1.29, 1.82) is 0 Å². The second-order valence-corrected chi connectivity index (χ2v) is 3.75. The van der Waals surface area contributed by atoms with Crippen LogP contribution in [-0.4, -0.2) is 19.2 Å². The van der Waals surface area contributed by atoms with Gasteiger partial charge in [-0.2, -0.15) is 8.78 Å². The lowest BCUT2D eigenvalue weighted by Crippen LogP contribution is -2.12. The van der Waals surface area contributed by atoms with Gasteiger partial charge < -0.3 is 9.47 Å². The van der Waals surface area contributed by atoms with E-state index in [2.05, 4.69) is 25.4 Å². The predicted molar refractivity (Wildman–Crippen MR) is 61.6 cm³/mol. The molecule has 0 aliphatic rings. The SMILES string of the molecule is CCOC(=O)c1cc(CBr)cc(F)c1OC(F)F. The van der Waals surface area contributed by atoms with E-state index in [0.29, 0.717) is 5.56 Å². The molecule has 0 saturated heterocycles. The molecule has 0 saturated carbocycles. The van der Waals surface area contributed by atoms with Gasteiger partial charge in [-0.25, -0.2) is 9.18 Å². The van der Waals surface area contributed by atoms with Gasteiger partial charge in [0.1, 0.15) is 5.56 Å². The Morgan fingerprint density at radius 2 is 2.11 bits per heavy atom. The van der Waals surface area contributed by atoms with Crippen LogP contribution in [-0.2, 0) is 10.1 Å². The first-order valence-corrected chi connectivity index (χ1v) is 6.12. The van der Waals surface area contributed by atoms with Crippen LogP contribution in [0.3, 0.4) is 0 Å². The minimum atomic E-state index is -3.22. The van der Waals surface area contributed by atoms with Crippen molar-refractivity contribution in [2.75, 3.05) is 6.61 Å². The van der Waals surface area contributed by atoms with Gasteiger partial charge in [0.15, 0.2) is 11.6 Å². The van der Waals surface area contributed by atoms with Gasteiger partial charge in [0, 0.05) is 5.33 Å². The zero-order valence-corrected chi connectivity index (χ0v) is 11.0. The van der Waals surface area contributed by atoms with E-state index in [9.17, 15) is 18.0 Å². The Labute approximate surface area is 110 Å². The van der Waals surface area contributed by atoms with Crippen LogP contribution in [0.2, 0.25) is 0 Å². The second-order valence-electron chi connectivity index (χ2n) is 3.19. The summed E-state index contributed by atoms with van der Waals surface area (Å²) in [6.45, 7) is -1.62. The van der Waals surface area contributed by atoms with Crippen LogP contribution in [0.25, 0.3) is 0 Å². The second kappa shape index (κ2) is 6.63. The van der Waals surface area contributed by atoms with E-state index < -0.39 is 24.1 Å². The lowest BCUT2D eigenvalue weighted by molar-refractivity contribution is -0.0528. The summed E-state index contributed by atoms with van der Waals surface area (Å²) >= 11 is 3.08. The average Bonchev–Trinajstić information content (AvgIpc) is 2.31. The molecule has 1 aromatic carbocycles. The van der Waals surface area contributed by atoms with Crippen LogP contribution < -0.4 is 4.74 Å². The summed E-state index contributed by atoms with van der Waals surface area (Å²) in [6.07, 6.45) is 0. The number of ether oxygens (including phenoxy) is 2. The molecule has 0 aromatic heterocycles. The molecule has 0 radical (unpaired) electrons. The third-order valence-electron chi connectivity index (χ3n) is 1.96. The molecule has 0 unspecified atom stereocenters. The average molecular weight is 327 g/mol. The van der Waals surface area contributed by atoms with Crippen LogP contribution >= 0.6 is 15.9 Å². The maximum absolute atomic E-state index is 13.6. The topological polar surface area (TPSA) is 35.5 Å². The molecule has 0 N–H and O–H groups in total. The number of hydrogen-bond donors (Lipinski definition) is 0. The fourth-order valence-corrected chi connectivity index (χ4v) is 1.62. The third kappa shape index (κ3) is 3.63. The number of benzene rings is 1. The number of carbonyl (C=O) groups is 1. The van der Waals surface area contributed by atoms with E-state index >= 15 is 0 Å². The highest BCUT2D eigenvalue weighted by molar-refractivity contribution is 9.08. The highest BCUT2D eigenvalue weighted by atomic mass is 79.9. The molecule has 1 aromatic rings. The Morgan fingerprint density at radius 3 is 2.61 bits per heavy atom. The summed E-state index contributed by atoms with van der Waals surface area (Å²) in [5.74, 6) is -2.74. The van der Waals surface area contributed by atoms with Crippen molar-refractivity contribution in [2.45, 2.75) is 18.9 Å². The lowest BCUT2D eigenvalue weighted by atomic mass is 10.1. The maximum Gasteiger partial charge on any atom is 0.387 e. The van der Waals surface area contributed by atoms with Crippen LogP contribution in [0.4, 0.5) is 13.2 Å². The molecule has 0 bridgehead atoms. The maximum atomic E-state index is 13.6. The lowest BCUT2D eigenvalue weighted by Gasteiger charge is -2.12. The Kier molecular flexibility index (Phi) is 5.46. The van der Waals surface area contributed by atoms with E-state index in [4.69, 9.17) is 0 Å². The molecule has 0 spiro atoms. The fraction of sp³-hybridized carbons (Fsp3) is 0.364. The van der Waals surface area contributed by atoms with Crippen molar-refractivity contribution < 1.29 is 27.4 Å². The van der Waals surface area contributed by atoms with Gasteiger partial charge in [-0.3, -0.25) is 0 Å². The summed E-state index contributed by atoms with van der Waals surface area (Å²) in [5, 5.41) is 0.269. The van der Waals surface area contributed by atoms with Crippen molar-refractivity contribution >= 4 is 21.9 Å². The first kappa shape index (κ1) is 14.8. The molecule has 7 heteroatoms. The smallest absolute Gasteiger partial charge is 0.387 e. The summed E-state index contributed by atoms with van der Waals surface area (Å²) in [5.41, 5.74) is 0.0590. The van der Waals surface area contributed by atoms with E-state index in [1.54, 1.807) is 6.92 Å². The zero-order valence-electron chi connectivity index (χ0n) is 9.38. The van der Waals surface area contributed by atoms with Crippen molar-refractivity contribution in [3.8, 4) is 5.75 Å². The van der Waals surface area contributed by atoms with Gasteiger partial charge >= 0.3 is 12.6 Å². The highest BCUT2D eigenvalue weighted by Gasteiger charge is 2.22. The van der Waals surface area contributed by atoms with Gasteiger partial charge in [-0.05, 0) is 24.6 Å². The third-order valence-corrected chi connectivity index (χ3v) is 2.61. The van der Waals surface area contributed by atoms with Crippen molar-refractivity contribution in [2.24, 2.45) is 0 Å². The molecule has 18 heavy (non-hydrogen) atoms. The highest BCUT2D eigenvalue weighted by Crippen LogP contribution is 2.28. The van der Waals surface area contributed by atoms with Crippen LogP contribution in [0.1, 0.15) is 22.8 Å². The molecule has 0 amide bonds. The largest absolute Gasteiger partial charge is 0.462 e. The Bertz CT molecular complexity index is 438. The number of carbonyl (C=O) groups excluding carboxylic acids is 1. The predicted octanol–water partition coefficient (Wildman–Crippen LogP) is 3.50. The number of hydrogen-bond acceptors (Lipinski definition) is 3. The molecule has 0 fully saturated rings. The summed E-state index contributed by atoms with van der Waals surface area (Å²) in [4.78, 5) is 11.5. The quantitative estimate of drug-likeness (QED) is 0.613. The molecule has 100 valence electrons. The zero-order chi connectivity index (χ0) is 13.7. The molecular formula is C11H10BrF3O3. The first-order chi connectivity index (χ1) is 8.49. The molecule has 0 aliphatic heterocycles. The number of esters is 1. The Balaban J connectivity index is 3.24. The van der Waals surface area contributed by atoms with E-state index in [0.717, 1.165) is 6.07 Å². The molecule has 1 rings (SSSR count). The summed E-state index contributed by atoms with van der Waals surface area (Å²) < 4.78 is 46.6. The molecule has 0 heterocycles. The summed E-state index contributed by atoms with van der Waals surface area (Å²) in [6, 6.07) is 2.25. The van der Waals surface area contributed by atoms with Crippen molar-refractivity contribution in [3.63, 3.8) is 0 Å². The van der Waals surface area contributed by atoms with Gasteiger partial charge in [-0.15, -0.1) is 0 Å². The number of rotatable bonds is 5. The molecule has 0 aliphatic carbocycles. The minimum Gasteiger partial charge on any atom is -0.462 e. The van der Waals surface area contributed by atoms with Crippen LogP contribution in [0.5, 0.6) is 5.75 Å². The fourth-order valence-electron chi connectivity index (χ4n) is 1.30. The molecular weight excluding hydrogens is 317 g/mol. The minimum absolute atomic E-state index is 0.0487. The Hall–Kier alpha value is -1.24.